The molecule has 0 radical (unpaired) electrons. The van der Waals surface area contributed by atoms with Crippen molar-refractivity contribution in [2.24, 2.45) is 5.92 Å². The molecular formula is C23H18F2N2O2. The summed E-state index contributed by atoms with van der Waals surface area (Å²) in [4.78, 5) is 24.9. The Hall–Kier alpha value is -3.54. The predicted octanol–water partition coefficient (Wildman–Crippen LogP) is 4.96. The topological polar surface area (TPSA) is 58.2 Å². The Kier molecular flexibility index (Phi) is 5.08. The highest BCUT2D eigenvalue weighted by Crippen LogP contribution is 2.48. The maximum Gasteiger partial charge on any atom is 0.255 e. The number of amides is 2. The van der Waals surface area contributed by atoms with Crippen molar-refractivity contribution >= 4 is 23.2 Å². The fourth-order valence-electron chi connectivity index (χ4n) is 3.31. The lowest BCUT2D eigenvalue weighted by Crippen LogP contribution is -2.16. The van der Waals surface area contributed by atoms with Gasteiger partial charge in [-0.2, -0.15) is 0 Å². The van der Waals surface area contributed by atoms with E-state index < -0.39 is 11.7 Å². The standard InChI is InChI=1S/C23H18F2N2O2/c24-16-9-7-14(8-10-16)20-13-21(20)23(29)27-18-5-1-3-15(11-18)22(28)26-19-6-2-4-17(25)12-19/h1-12,20-21H,13H2,(H,26,28)(H,27,29). The van der Waals surface area contributed by atoms with E-state index in [1.165, 1.54) is 30.3 Å². The minimum absolute atomic E-state index is 0.0788. The zero-order chi connectivity index (χ0) is 20.4. The third-order valence-corrected chi connectivity index (χ3v) is 4.90. The number of benzene rings is 3. The molecule has 2 amide bonds. The summed E-state index contributed by atoms with van der Waals surface area (Å²) in [6, 6.07) is 18.4. The first-order valence-electron chi connectivity index (χ1n) is 9.23. The maximum absolute atomic E-state index is 13.3. The summed E-state index contributed by atoms with van der Waals surface area (Å²) in [6.07, 6.45) is 0.706. The lowest BCUT2D eigenvalue weighted by atomic mass is 10.1. The van der Waals surface area contributed by atoms with E-state index in [0.29, 0.717) is 23.4 Å². The second-order valence-corrected chi connectivity index (χ2v) is 7.03. The van der Waals surface area contributed by atoms with E-state index in [1.807, 2.05) is 0 Å². The van der Waals surface area contributed by atoms with Crippen LogP contribution in [0.15, 0.2) is 72.8 Å². The van der Waals surface area contributed by atoms with Crippen molar-refractivity contribution in [2.45, 2.75) is 12.3 Å². The minimum Gasteiger partial charge on any atom is -0.326 e. The fourth-order valence-corrected chi connectivity index (χ4v) is 3.31. The minimum atomic E-state index is -0.441. The molecule has 0 saturated heterocycles. The first-order valence-corrected chi connectivity index (χ1v) is 9.23. The van der Waals surface area contributed by atoms with Gasteiger partial charge >= 0.3 is 0 Å². The molecule has 0 heterocycles. The van der Waals surface area contributed by atoms with Crippen LogP contribution in [0.25, 0.3) is 0 Å². The Morgan fingerprint density at radius 3 is 2.21 bits per heavy atom. The molecule has 1 fully saturated rings. The zero-order valence-electron chi connectivity index (χ0n) is 15.4. The number of hydrogen-bond donors (Lipinski definition) is 2. The molecule has 1 aliphatic carbocycles. The number of rotatable bonds is 5. The highest BCUT2D eigenvalue weighted by atomic mass is 19.1. The summed E-state index contributed by atoms with van der Waals surface area (Å²) >= 11 is 0. The second kappa shape index (κ2) is 7.83. The van der Waals surface area contributed by atoms with E-state index in [0.717, 1.165) is 5.56 Å². The van der Waals surface area contributed by atoms with E-state index in [-0.39, 0.29) is 23.6 Å². The van der Waals surface area contributed by atoms with Crippen LogP contribution in [0.1, 0.15) is 28.3 Å². The monoisotopic (exact) mass is 392 g/mol. The van der Waals surface area contributed by atoms with Crippen molar-refractivity contribution in [3.8, 4) is 0 Å². The van der Waals surface area contributed by atoms with Crippen LogP contribution in [0, 0.1) is 17.6 Å². The van der Waals surface area contributed by atoms with Crippen LogP contribution >= 0.6 is 0 Å². The normalized spacial score (nSPS) is 17.4. The summed E-state index contributed by atoms with van der Waals surface area (Å²) in [5.74, 6) is -1.38. The largest absolute Gasteiger partial charge is 0.326 e. The molecule has 29 heavy (non-hydrogen) atoms. The Morgan fingerprint density at radius 2 is 1.48 bits per heavy atom. The van der Waals surface area contributed by atoms with Crippen molar-refractivity contribution in [1.82, 2.24) is 0 Å². The van der Waals surface area contributed by atoms with E-state index in [4.69, 9.17) is 0 Å². The van der Waals surface area contributed by atoms with Crippen molar-refractivity contribution in [3.05, 3.63) is 95.6 Å². The molecule has 4 rings (SSSR count). The molecule has 0 aromatic heterocycles. The maximum atomic E-state index is 13.3. The Morgan fingerprint density at radius 1 is 0.793 bits per heavy atom. The molecule has 3 aromatic carbocycles. The van der Waals surface area contributed by atoms with E-state index in [1.54, 1.807) is 42.5 Å². The molecular weight excluding hydrogens is 374 g/mol. The van der Waals surface area contributed by atoms with Crippen LogP contribution in [-0.4, -0.2) is 11.8 Å². The SMILES string of the molecule is O=C(Nc1cccc(F)c1)c1cccc(NC(=O)C2CC2c2ccc(F)cc2)c1. The van der Waals surface area contributed by atoms with Gasteiger partial charge in [-0.25, -0.2) is 8.78 Å². The lowest BCUT2D eigenvalue weighted by molar-refractivity contribution is -0.117. The summed E-state index contributed by atoms with van der Waals surface area (Å²) in [5.41, 5.74) is 2.14. The molecule has 0 spiro atoms. The summed E-state index contributed by atoms with van der Waals surface area (Å²) in [7, 11) is 0. The molecule has 2 N–H and O–H groups in total. The van der Waals surface area contributed by atoms with Crippen molar-refractivity contribution in [1.29, 1.82) is 0 Å². The number of hydrogen-bond acceptors (Lipinski definition) is 2. The van der Waals surface area contributed by atoms with E-state index in [2.05, 4.69) is 10.6 Å². The highest BCUT2D eigenvalue weighted by Gasteiger charge is 2.43. The third kappa shape index (κ3) is 4.48. The predicted molar refractivity (Wildman–Crippen MR) is 107 cm³/mol. The van der Waals surface area contributed by atoms with Gasteiger partial charge in [-0.15, -0.1) is 0 Å². The van der Waals surface area contributed by atoms with Gasteiger partial charge < -0.3 is 10.6 Å². The van der Waals surface area contributed by atoms with Gasteiger partial charge in [0, 0.05) is 22.9 Å². The smallest absolute Gasteiger partial charge is 0.255 e. The summed E-state index contributed by atoms with van der Waals surface area (Å²) in [6.45, 7) is 0. The number of anilines is 2. The molecule has 0 bridgehead atoms. The van der Waals surface area contributed by atoms with E-state index in [9.17, 15) is 18.4 Å². The van der Waals surface area contributed by atoms with Gasteiger partial charge in [0.15, 0.2) is 0 Å². The van der Waals surface area contributed by atoms with E-state index >= 15 is 0 Å². The van der Waals surface area contributed by atoms with Gasteiger partial charge in [0.25, 0.3) is 5.91 Å². The molecule has 4 nitrogen and oxygen atoms in total. The van der Waals surface area contributed by atoms with Crippen LogP contribution in [0.2, 0.25) is 0 Å². The zero-order valence-corrected chi connectivity index (χ0v) is 15.4. The van der Waals surface area contributed by atoms with Crippen LogP contribution in [0.4, 0.5) is 20.2 Å². The summed E-state index contributed by atoms with van der Waals surface area (Å²) in [5, 5.41) is 5.46. The third-order valence-electron chi connectivity index (χ3n) is 4.90. The van der Waals surface area contributed by atoms with Gasteiger partial charge in [-0.1, -0.05) is 24.3 Å². The van der Waals surface area contributed by atoms with Crippen LogP contribution in [-0.2, 0) is 4.79 Å². The van der Waals surface area contributed by atoms with Gasteiger partial charge in [0.05, 0.1) is 0 Å². The van der Waals surface area contributed by atoms with Crippen LogP contribution < -0.4 is 10.6 Å². The molecule has 2 unspecified atom stereocenters. The molecule has 146 valence electrons. The van der Waals surface area contributed by atoms with Crippen LogP contribution in [0.5, 0.6) is 0 Å². The number of nitrogens with one attached hydrogen (secondary N) is 2. The molecule has 6 heteroatoms. The molecule has 0 aliphatic heterocycles. The Labute approximate surface area is 166 Å². The first-order chi connectivity index (χ1) is 14.0. The number of carbonyl (C=O) groups is 2. The Balaban J connectivity index is 1.39. The molecule has 3 aromatic rings. The van der Waals surface area contributed by atoms with Gasteiger partial charge in [-0.05, 0) is 66.4 Å². The fraction of sp³-hybridized carbons (Fsp3) is 0.130. The van der Waals surface area contributed by atoms with Gasteiger partial charge in [0.2, 0.25) is 5.91 Å². The highest BCUT2D eigenvalue weighted by molar-refractivity contribution is 6.05. The Bertz CT molecular complexity index is 1070. The quantitative estimate of drug-likeness (QED) is 0.645. The van der Waals surface area contributed by atoms with Crippen LogP contribution in [0.3, 0.4) is 0 Å². The average molecular weight is 392 g/mol. The summed E-state index contributed by atoms with van der Waals surface area (Å²) < 4.78 is 26.3. The number of carbonyl (C=O) groups excluding carboxylic acids is 2. The second-order valence-electron chi connectivity index (χ2n) is 7.03. The van der Waals surface area contributed by atoms with Crippen molar-refractivity contribution < 1.29 is 18.4 Å². The molecule has 1 saturated carbocycles. The van der Waals surface area contributed by atoms with Crippen molar-refractivity contribution in [3.63, 3.8) is 0 Å². The van der Waals surface area contributed by atoms with Gasteiger partial charge in [-0.3, -0.25) is 9.59 Å². The lowest BCUT2D eigenvalue weighted by Gasteiger charge is -2.09. The molecule has 1 aliphatic rings. The first kappa shape index (κ1) is 18.8. The number of halogens is 2. The average Bonchev–Trinajstić information content (AvgIpc) is 3.50. The molecule has 2 atom stereocenters. The van der Waals surface area contributed by atoms with Gasteiger partial charge in [0.1, 0.15) is 11.6 Å². The van der Waals surface area contributed by atoms with Crippen molar-refractivity contribution in [2.75, 3.05) is 10.6 Å².